The van der Waals surface area contributed by atoms with Gasteiger partial charge in [0.2, 0.25) is 0 Å². The van der Waals surface area contributed by atoms with Gasteiger partial charge in [0, 0.05) is 29.2 Å². The van der Waals surface area contributed by atoms with Gasteiger partial charge in [-0.15, -0.1) is 0 Å². The molecule has 1 amide bonds. The molecule has 0 saturated heterocycles. The molecular weight excluding hydrogens is 238 g/mol. The molecule has 2 rings (SSSR count). The second-order valence-electron chi connectivity index (χ2n) is 3.80. The van der Waals surface area contributed by atoms with E-state index in [1.807, 2.05) is 0 Å². The summed E-state index contributed by atoms with van der Waals surface area (Å²) in [6.07, 6.45) is 1.54. The molecule has 0 unspecified atom stereocenters. The third kappa shape index (κ3) is 2.88. The van der Waals surface area contributed by atoms with Gasteiger partial charge in [-0.05, 0) is 31.2 Å². The zero-order valence-electron chi connectivity index (χ0n) is 9.58. The van der Waals surface area contributed by atoms with Gasteiger partial charge in [0.15, 0.2) is 0 Å². The minimum atomic E-state index is -0.786. The van der Waals surface area contributed by atoms with Crippen molar-refractivity contribution in [2.75, 3.05) is 5.32 Å². The Hall–Kier alpha value is -2.30. The average Bonchev–Trinajstić information content (AvgIpc) is 2.27. The Kier molecular flexibility index (Phi) is 3.32. The summed E-state index contributed by atoms with van der Waals surface area (Å²) in [6, 6.07) is 5.93. The Bertz CT molecular complexity index is 579. The van der Waals surface area contributed by atoms with Gasteiger partial charge in [0.1, 0.15) is 11.6 Å². The predicted molar refractivity (Wildman–Crippen MR) is 63.3 cm³/mol. The van der Waals surface area contributed by atoms with Crippen molar-refractivity contribution >= 4 is 11.6 Å². The fourth-order valence-electron chi connectivity index (χ4n) is 1.51. The maximum absolute atomic E-state index is 13.0. The number of nitrogens with zero attached hydrogens (tertiary/aromatic N) is 1. The second kappa shape index (κ2) is 4.91. The van der Waals surface area contributed by atoms with Crippen LogP contribution in [-0.2, 0) is 0 Å². The number of hydrogen-bond donors (Lipinski definition) is 1. The molecule has 92 valence electrons. The third-order valence-corrected chi connectivity index (χ3v) is 2.28. The smallest absolute Gasteiger partial charge is 0.255 e. The SMILES string of the molecule is Cc1cc(NC(=O)c2cc(F)cc(F)c2)ccn1. The van der Waals surface area contributed by atoms with Crippen molar-refractivity contribution < 1.29 is 13.6 Å². The van der Waals surface area contributed by atoms with Gasteiger partial charge in [-0.25, -0.2) is 8.78 Å². The van der Waals surface area contributed by atoms with Crippen LogP contribution < -0.4 is 5.32 Å². The number of anilines is 1. The standard InChI is InChI=1S/C13H10F2N2O/c1-8-4-12(2-3-16-8)17-13(18)9-5-10(14)7-11(15)6-9/h2-7H,1H3,(H,16,17,18). The highest BCUT2D eigenvalue weighted by Crippen LogP contribution is 2.12. The van der Waals surface area contributed by atoms with Crippen molar-refractivity contribution in [3.8, 4) is 0 Å². The quantitative estimate of drug-likeness (QED) is 0.887. The molecule has 1 heterocycles. The number of pyridine rings is 1. The zero-order chi connectivity index (χ0) is 13.1. The van der Waals surface area contributed by atoms with Crippen LogP contribution in [0.4, 0.5) is 14.5 Å². The molecule has 1 aromatic carbocycles. The molecule has 0 saturated carbocycles. The van der Waals surface area contributed by atoms with E-state index in [1.165, 1.54) is 6.20 Å². The number of nitrogens with one attached hydrogen (secondary N) is 1. The largest absolute Gasteiger partial charge is 0.322 e. The second-order valence-corrected chi connectivity index (χ2v) is 3.80. The summed E-state index contributed by atoms with van der Waals surface area (Å²) in [5, 5.41) is 2.54. The molecule has 1 N–H and O–H groups in total. The molecule has 0 atom stereocenters. The maximum atomic E-state index is 13.0. The first-order valence-electron chi connectivity index (χ1n) is 5.25. The lowest BCUT2D eigenvalue weighted by molar-refractivity contribution is 0.102. The van der Waals surface area contributed by atoms with E-state index in [-0.39, 0.29) is 5.56 Å². The highest BCUT2D eigenvalue weighted by molar-refractivity contribution is 6.04. The Labute approximate surface area is 102 Å². The Morgan fingerprint density at radius 2 is 1.83 bits per heavy atom. The van der Waals surface area contributed by atoms with Gasteiger partial charge < -0.3 is 5.32 Å². The number of aryl methyl sites for hydroxylation is 1. The monoisotopic (exact) mass is 248 g/mol. The van der Waals surface area contributed by atoms with E-state index in [2.05, 4.69) is 10.3 Å². The van der Waals surface area contributed by atoms with Gasteiger partial charge in [-0.3, -0.25) is 9.78 Å². The summed E-state index contributed by atoms with van der Waals surface area (Å²) in [7, 11) is 0. The zero-order valence-corrected chi connectivity index (χ0v) is 9.58. The van der Waals surface area contributed by atoms with Crippen LogP contribution in [0.3, 0.4) is 0 Å². The number of hydrogen-bond acceptors (Lipinski definition) is 2. The van der Waals surface area contributed by atoms with Crippen molar-refractivity contribution in [2.24, 2.45) is 0 Å². The fourth-order valence-corrected chi connectivity index (χ4v) is 1.51. The molecule has 3 nitrogen and oxygen atoms in total. The van der Waals surface area contributed by atoms with Gasteiger partial charge in [-0.1, -0.05) is 0 Å². The number of carbonyl (C=O) groups is 1. The van der Waals surface area contributed by atoms with E-state index in [0.717, 1.165) is 17.8 Å². The Balaban J connectivity index is 2.22. The van der Waals surface area contributed by atoms with Crippen LogP contribution in [0, 0.1) is 18.6 Å². The summed E-state index contributed by atoms with van der Waals surface area (Å²) in [6.45, 7) is 1.78. The first-order valence-corrected chi connectivity index (χ1v) is 5.25. The van der Waals surface area contributed by atoms with Crippen molar-refractivity contribution in [1.29, 1.82) is 0 Å². The predicted octanol–water partition coefficient (Wildman–Crippen LogP) is 2.92. The lowest BCUT2D eigenvalue weighted by Gasteiger charge is -2.06. The lowest BCUT2D eigenvalue weighted by Crippen LogP contribution is -2.12. The van der Waals surface area contributed by atoms with Crippen molar-refractivity contribution in [3.63, 3.8) is 0 Å². The minimum Gasteiger partial charge on any atom is -0.322 e. The van der Waals surface area contributed by atoms with Crippen LogP contribution in [0.15, 0.2) is 36.5 Å². The number of carbonyl (C=O) groups excluding carboxylic acids is 1. The number of benzene rings is 1. The van der Waals surface area contributed by atoms with Crippen LogP contribution in [-0.4, -0.2) is 10.9 Å². The van der Waals surface area contributed by atoms with E-state index in [0.29, 0.717) is 11.8 Å². The molecular formula is C13H10F2N2O. The number of aromatic nitrogens is 1. The van der Waals surface area contributed by atoms with E-state index in [4.69, 9.17) is 0 Å². The summed E-state index contributed by atoms with van der Waals surface area (Å²) >= 11 is 0. The van der Waals surface area contributed by atoms with E-state index >= 15 is 0 Å². The third-order valence-electron chi connectivity index (χ3n) is 2.28. The molecule has 0 aliphatic heterocycles. The summed E-state index contributed by atoms with van der Waals surface area (Å²) in [5.74, 6) is -2.14. The molecule has 1 aromatic heterocycles. The first-order chi connectivity index (χ1) is 8.54. The fraction of sp³-hybridized carbons (Fsp3) is 0.0769. The molecule has 0 bridgehead atoms. The molecule has 0 aliphatic carbocycles. The first kappa shape index (κ1) is 12.2. The summed E-state index contributed by atoms with van der Waals surface area (Å²) in [5.41, 5.74) is 1.19. The van der Waals surface area contributed by atoms with Gasteiger partial charge >= 0.3 is 0 Å². The topological polar surface area (TPSA) is 42.0 Å². The number of amides is 1. The Morgan fingerprint density at radius 1 is 1.17 bits per heavy atom. The summed E-state index contributed by atoms with van der Waals surface area (Å²) < 4.78 is 25.9. The van der Waals surface area contributed by atoms with Crippen LogP contribution >= 0.6 is 0 Å². The molecule has 0 radical (unpaired) electrons. The van der Waals surface area contributed by atoms with E-state index in [9.17, 15) is 13.6 Å². The van der Waals surface area contributed by atoms with E-state index < -0.39 is 17.5 Å². The molecule has 0 spiro atoms. The summed E-state index contributed by atoms with van der Waals surface area (Å²) in [4.78, 5) is 15.7. The molecule has 5 heteroatoms. The van der Waals surface area contributed by atoms with Crippen LogP contribution in [0.1, 0.15) is 16.1 Å². The maximum Gasteiger partial charge on any atom is 0.255 e. The lowest BCUT2D eigenvalue weighted by atomic mass is 10.2. The van der Waals surface area contributed by atoms with Gasteiger partial charge in [0.05, 0.1) is 0 Å². The van der Waals surface area contributed by atoms with Crippen molar-refractivity contribution in [2.45, 2.75) is 6.92 Å². The minimum absolute atomic E-state index is 0.0676. The van der Waals surface area contributed by atoms with Crippen LogP contribution in [0.25, 0.3) is 0 Å². The molecule has 0 aliphatic rings. The van der Waals surface area contributed by atoms with Crippen molar-refractivity contribution in [3.05, 3.63) is 59.4 Å². The highest BCUT2D eigenvalue weighted by atomic mass is 19.1. The number of rotatable bonds is 2. The van der Waals surface area contributed by atoms with Crippen LogP contribution in [0.2, 0.25) is 0 Å². The van der Waals surface area contributed by atoms with Crippen molar-refractivity contribution in [1.82, 2.24) is 4.98 Å². The molecule has 18 heavy (non-hydrogen) atoms. The molecule has 0 fully saturated rings. The normalized spacial score (nSPS) is 10.2. The van der Waals surface area contributed by atoms with Gasteiger partial charge in [-0.2, -0.15) is 0 Å². The molecule has 2 aromatic rings. The Morgan fingerprint density at radius 3 is 2.44 bits per heavy atom. The highest BCUT2D eigenvalue weighted by Gasteiger charge is 2.09. The van der Waals surface area contributed by atoms with Gasteiger partial charge in [0.25, 0.3) is 5.91 Å². The van der Waals surface area contributed by atoms with E-state index in [1.54, 1.807) is 19.1 Å². The van der Waals surface area contributed by atoms with Crippen LogP contribution in [0.5, 0.6) is 0 Å². The number of halogens is 2. The average molecular weight is 248 g/mol.